The number of hydrogen-bond donors (Lipinski definition) is 2. The second-order valence-electron chi connectivity index (χ2n) is 5.82. The van der Waals surface area contributed by atoms with Gasteiger partial charge >= 0.3 is 18.0 Å². The molecule has 0 aromatic heterocycles. The number of carboxylic acid groups (broad SMARTS) is 1. The minimum Gasteiger partial charge on any atom is -0.481 e. The van der Waals surface area contributed by atoms with E-state index in [1.807, 2.05) is 0 Å². The van der Waals surface area contributed by atoms with Gasteiger partial charge in [-0.05, 0) is 36.2 Å². The Morgan fingerprint density at radius 3 is 2.25 bits per heavy atom. The Morgan fingerprint density at radius 1 is 0.964 bits per heavy atom. The number of benzene rings is 2. The van der Waals surface area contributed by atoms with E-state index in [0.717, 1.165) is 0 Å². The number of carbonyl (C=O) groups excluding carboxylic acids is 2. The van der Waals surface area contributed by atoms with E-state index in [9.17, 15) is 14.4 Å². The number of carbonyl (C=O) groups is 3. The molecule has 0 spiro atoms. The molecule has 2 rings (SSSR count). The van der Waals surface area contributed by atoms with Crippen molar-refractivity contribution >= 4 is 29.6 Å². The average molecular weight is 406 g/mol. The lowest BCUT2D eigenvalue weighted by Gasteiger charge is -2.18. The summed E-state index contributed by atoms with van der Waals surface area (Å²) in [6, 6.07) is 14.6. The van der Waals surface area contributed by atoms with Gasteiger partial charge < -0.3 is 19.9 Å². The normalized spacial score (nSPS) is 11.3. The number of nitrogens with one attached hydrogen (secondary N) is 1. The molecule has 1 atom stereocenters. The number of alkyl carbamates (subject to hydrolysis) is 1. The van der Waals surface area contributed by atoms with Gasteiger partial charge in [-0.1, -0.05) is 41.9 Å². The predicted octanol–water partition coefficient (Wildman–Crippen LogP) is 3.83. The summed E-state index contributed by atoms with van der Waals surface area (Å²) in [7, 11) is 0. The van der Waals surface area contributed by atoms with Crippen LogP contribution in [0.5, 0.6) is 0 Å². The van der Waals surface area contributed by atoms with Gasteiger partial charge in [0.1, 0.15) is 13.2 Å². The molecule has 8 heteroatoms. The average Bonchev–Trinajstić information content (AvgIpc) is 2.69. The molecule has 28 heavy (non-hydrogen) atoms. The zero-order chi connectivity index (χ0) is 20.4. The van der Waals surface area contributed by atoms with Gasteiger partial charge in [0, 0.05) is 11.4 Å². The van der Waals surface area contributed by atoms with Crippen LogP contribution in [0.4, 0.5) is 4.79 Å². The van der Waals surface area contributed by atoms with Crippen LogP contribution in [0.1, 0.15) is 34.8 Å². The van der Waals surface area contributed by atoms with Gasteiger partial charge in [-0.15, -0.1) is 0 Å². The highest BCUT2D eigenvalue weighted by molar-refractivity contribution is 6.30. The van der Waals surface area contributed by atoms with Crippen molar-refractivity contribution in [2.24, 2.45) is 0 Å². The first-order chi connectivity index (χ1) is 13.5. The molecule has 0 aliphatic heterocycles. The van der Waals surface area contributed by atoms with Crippen molar-refractivity contribution in [1.29, 1.82) is 0 Å². The maximum absolute atomic E-state index is 12.0. The smallest absolute Gasteiger partial charge is 0.407 e. The number of ether oxygens (including phenoxy) is 2. The predicted molar refractivity (Wildman–Crippen MR) is 102 cm³/mol. The summed E-state index contributed by atoms with van der Waals surface area (Å²) in [5.41, 5.74) is 1.11. The van der Waals surface area contributed by atoms with E-state index in [1.165, 1.54) is 0 Å². The van der Waals surface area contributed by atoms with Crippen molar-refractivity contribution in [3.63, 3.8) is 0 Å². The number of halogens is 1. The molecule has 2 aromatic carbocycles. The molecule has 0 fully saturated rings. The summed E-state index contributed by atoms with van der Waals surface area (Å²) < 4.78 is 10.0. The Morgan fingerprint density at radius 2 is 1.61 bits per heavy atom. The van der Waals surface area contributed by atoms with Crippen molar-refractivity contribution < 1.29 is 29.0 Å². The molecule has 2 N–H and O–H groups in total. The molecule has 7 nitrogen and oxygen atoms in total. The highest BCUT2D eigenvalue weighted by Crippen LogP contribution is 2.21. The van der Waals surface area contributed by atoms with Gasteiger partial charge in [0.05, 0.1) is 11.6 Å². The number of carboxylic acids is 1. The molecular weight excluding hydrogens is 386 g/mol. The summed E-state index contributed by atoms with van der Waals surface area (Å²) in [4.78, 5) is 34.6. The molecule has 1 amide bonds. The van der Waals surface area contributed by atoms with Crippen molar-refractivity contribution in [2.45, 2.75) is 18.9 Å². The van der Waals surface area contributed by atoms with Crippen LogP contribution in [0, 0.1) is 0 Å². The van der Waals surface area contributed by atoms with Crippen LogP contribution in [0.25, 0.3) is 0 Å². The summed E-state index contributed by atoms with van der Waals surface area (Å²) in [5.74, 6) is -1.48. The van der Waals surface area contributed by atoms with E-state index in [-0.39, 0.29) is 26.1 Å². The fourth-order valence-electron chi connectivity index (χ4n) is 2.40. The van der Waals surface area contributed by atoms with Crippen molar-refractivity contribution in [3.8, 4) is 0 Å². The Labute approximate surface area is 167 Å². The van der Waals surface area contributed by atoms with Crippen LogP contribution in [0.15, 0.2) is 54.6 Å². The third-order valence-corrected chi connectivity index (χ3v) is 4.02. The molecule has 0 saturated heterocycles. The third-order valence-electron chi connectivity index (χ3n) is 3.77. The van der Waals surface area contributed by atoms with Gasteiger partial charge in [0.15, 0.2) is 0 Å². The van der Waals surface area contributed by atoms with Crippen molar-refractivity contribution in [2.75, 3.05) is 13.2 Å². The van der Waals surface area contributed by atoms with Crippen molar-refractivity contribution in [1.82, 2.24) is 5.32 Å². The van der Waals surface area contributed by atoms with Crippen LogP contribution in [-0.4, -0.2) is 36.4 Å². The lowest BCUT2D eigenvalue weighted by Crippen LogP contribution is -2.30. The van der Waals surface area contributed by atoms with Crippen LogP contribution in [-0.2, 0) is 14.3 Å². The Bertz CT molecular complexity index is 794. The second-order valence-corrected chi connectivity index (χ2v) is 6.26. The quantitative estimate of drug-likeness (QED) is 0.485. The van der Waals surface area contributed by atoms with Crippen LogP contribution in [0.2, 0.25) is 5.02 Å². The largest absolute Gasteiger partial charge is 0.481 e. The number of esters is 1. The first-order valence-corrected chi connectivity index (χ1v) is 8.96. The molecule has 2 aromatic rings. The Balaban J connectivity index is 1.81. The van der Waals surface area contributed by atoms with Crippen LogP contribution >= 0.6 is 11.6 Å². The molecule has 0 bridgehead atoms. The standard InChI is InChI=1S/C20H20ClNO6/c21-16-8-6-14(7-9-16)17(10-11-18(23)24)22-20(26)28-13-12-27-19(25)15-4-2-1-3-5-15/h1-9,17H,10-13H2,(H,22,26)(H,23,24). The van der Waals surface area contributed by atoms with Gasteiger partial charge in [-0.2, -0.15) is 0 Å². The summed E-state index contributed by atoms with van der Waals surface area (Å²) in [6.07, 6.45) is -0.668. The number of amides is 1. The summed E-state index contributed by atoms with van der Waals surface area (Å²) in [6.45, 7) is -0.224. The molecule has 1 unspecified atom stereocenters. The van der Waals surface area contributed by atoms with Gasteiger partial charge in [0.25, 0.3) is 0 Å². The Hall–Kier alpha value is -3.06. The van der Waals surface area contributed by atoms with E-state index in [4.69, 9.17) is 26.2 Å². The number of rotatable bonds is 9. The molecule has 0 heterocycles. The Kier molecular flexibility index (Phi) is 8.30. The SMILES string of the molecule is O=C(O)CCC(NC(=O)OCCOC(=O)c1ccccc1)c1ccc(Cl)cc1. The van der Waals surface area contributed by atoms with E-state index >= 15 is 0 Å². The van der Waals surface area contributed by atoms with Gasteiger partial charge in [-0.3, -0.25) is 4.79 Å². The highest BCUT2D eigenvalue weighted by Gasteiger charge is 2.17. The number of aliphatic carboxylic acids is 1. The zero-order valence-corrected chi connectivity index (χ0v) is 15.7. The van der Waals surface area contributed by atoms with Gasteiger partial charge in [0.2, 0.25) is 0 Å². The lowest BCUT2D eigenvalue weighted by molar-refractivity contribution is -0.137. The minimum atomic E-state index is -0.970. The van der Waals surface area contributed by atoms with E-state index < -0.39 is 24.1 Å². The first kappa shape index (κ1) is 21.2. The number of hydrogen-bond acceptors (Lipinski definition) is 5. The summed E-state index contributed by atoms with van der Waals surface area (Å²) >= 11 is 5.86. The fraction of sp³-hybridized carbons (Fsp3) is 0.250. The topological polar surface area (TPSA) is 102 Å². The van der Waals surface area contributed by atoms with E-state index in [2.05, 4.69) is 5.32 Å². The monoisotopic (exact) mass is 405 g/mol. The molecule has 0 aliphatic carbocycles. The van der Waals surface area contributed by atoms with E-state index in [0.29, 0.717) is 16.1 Å². The highest BCUT2D eigenvalue weighted by atomic mass is 35.5. The third kappa shape index (κ3) is 7.28. The molecule has 148 valence electrons. The second kappa shape index (κ2) is 10.9. The minimum absolute atomic E-state index is 0.0954. The maximum atomic E-state index is 12.0. The zero-order valence-electron chi connectivity index (χ0n) is 15.0. The lowest BCUT2D eigenvalue weighted by atomic mass is 10.0. The molecular formula is C20H20ClNO6. The van der Waals surface area contributed by atoms with Crippen molar-refractivity contribution in [3.05, 3.63) is 70.7 Å². The van der Waals surface area contributed by atoms with Crippen LogP contribution in [0.3, 0.4) is 0 Å². The molecule has 0 aliphatic rings. The molecule has 0 radical (unpaired) electrons. The molecule has 0 saturated carbocycles. The fourth-order valence-corrected chi connectivity index (χ4v) is 2.52. The van der Waals surface area contributed by atoms with E-state index in [1.54, 1.807) is 54.6 Å². The van der Waals surface area contributed by atoms with Gasteiger partial charge in [-0.25, -0.2) is 9.59 Å². The maximum Gasteiger partial charge on any atom is 0.407 e. The summed E-state index contributed by atoms with van der Waals surface area (Å²) in [5, 5.41) is 12.0. The van der Waals surface area contributed by atoms with Crippen LogP contribution < -0.4 is 5.32 Å². The first-order valence-electron chi connectivity index (χ1n) is 8.58.